The van der Waals surface area contributed by atoms with Crippen LogP contribution in [-0.2, 0) is 4.74 Å². The molecule has 1 fully saturated rings. The quantitative estimate of drug-likeness (QED) is 0.845. The van der Waals surface area contributed by atoms with Crippen LogP contribution in [0.5, 0.6) is 0 Å². The lowest BCUT2D eigenvalue weighted by Gasteiger charge is -2.34. The summed E-state index contributed by atoms with van der Waals surface area (Å²) in [5, 5.41) is 3.55. The van der Waals surface area contributed by atoms with Gasteiger partial charge in [0.05, 0.1) is 0 Å². The predicted octanol–water partition coefficient (Wildman–Crippen LogP) is 3.25. The molecule has 0 bridgehead atoms. The number of carbonyl (C=O) groups excluding carboxylic acids is 1. The standard InChI is InChI=1S/C15H23ClN4O2/c1-10-8-12(19-13(16)17-10)18-11-6-5-7-20(9-11)14(21)22-15(2,3)4/h8,11H,5-7,9H2,1-4H3,(H,17,18,19)/t11-/m0/s1. The van der Waals surface area contributed by atoms with E-state index < -0.39 is 5.60 Å². The number of likely N-dealkylation sites (tertiary alicyclic amines) is 1. The zero-order valence-electron chi connectivity index (χ0n) is 13.5. The van der Waals surface area contributed by atoms with Crippen LogP contribution in [-0.4, -0.2) is 45.7 Å². The fraction of sp³-hybridized carbons (Fsp3) is 0.667. The minimum Gasteiger partial charge on any atom is -0.444 e. The van der Waals surface area contributed by atoms with Crippen molar-refractivity contribution in [2.75, 3.05) is 18.4 Å². The average molecular weight is 327 g/mol. The van der Waals surface area contributed by atoms with E-state index in [-0.39, 0.29) is 17.4 Å². The first-order valence-electron chi connectivity index (χ1n) is 7.48. The van der Waals surface area contributed by atoms with Crippen LogP contribution >= 0.6 is 11.6 Å². The summed E-state index contributed by atoms with van der Waals surface area (Å²) in [6.45, 7) is 8.79. The number of rotatable bonds is 2. The van der Waals surface area contributed by atoms with Crippen LogP contribution in [0.1, 0.15) is 39.3 Å². The fourth-order valence-electron chi connectivity index (χ4n) is 2.40. The molecule has 0 saturated carbocycles. The predicted molar refractivity (Wildman–Crippen MR) is 86.2 cm³/mol. The summed E-state index contributed by atoms with van der Waals surface area (Å²) < 4.78 is 5.43. The van der Waals surface area contributed by atoms with E-state index in [0.29, 0.717) is 12.4 Å². The van der Waals surface area contributed by atoms with Crippen molar-refractivity contribution in [3.05, 3.63) is 17.0 Å². The zero-order chi connectivity index (χ0) is 16.3. The topological polar surface area (TPSA) is 67.4 Å². The molecule has 1 aliphatic rings. The average Bonchev–Trinajstić information content (AvgIpc) is 2.35. The number of anilines is 1. The summed E-state index contributed by atoms with van der Waals surface area (Å²) in [5.41, 5.74) is 0.330. The molecular weight excluding hydrogens is 304 g/mol. The Morgan fingerprint density at radius 1 is 1.45 bits per heavy atom. The molecule has 1 aromatic rings. The van der Waals surface area contributed by atoms with Crippen LogP contribution in [0, 0.1) is 6.92 Å². The highest BCUT2D eigenvalue weighted by atomic mass is 35.5. The van der Waals surface area contributed by atoms with E-state index in [1.165, 1.54) is 0 Å². The Labute approximate surface area is 136 Å². The first-order valence-corrected chi connectivity index (χ1v) is 7.86. The number of nitrogens with zero attached hydrogens (tertiary/aromatic N) is 3. The van der Waals surface area contributed by atoms with Crippen molar-refractivity contribution in [2.24, 2.45) is 0 Å². The Balaban J connectivity index is 1.97. The Morgan fingerprint density at radius 2 is 2.18 bits per heavy atom. The van der Waals surface area contributed by atoms with Gasteiger partial charge in [0.15, 0.2) is 0 Å². The van der Waals surface area contributed by atoms with Crippen LogP contribution < -0.4 is 5.32 Å². The fourth-order valence-corrected chi connectivity index (χ4v) is 2.63. The summed E-state index contributed by atoms with van der Waals surface area (Å²) >= 11 is 5.87. The van der Waals surface area contributed by atoms with Gasteiger partial charge in [-0.3, -0.25) is 0 Å². The molecule has 7 heteroatoms. The third kappa shape index (κ3) is 5.02. The smallest absolute Gasteiger partial charge is 0.410 e. The van der Waals surface area contributed by atoms with Gasteiger partial charge in [-0.15, -0.1) is 0 Å². The van der Waals surface area contributed by atoms with Gasteiger partial charge in [0.2, 0.25) is 5.28 Å². The van der Waals surface area contributed by atoms with Gasteiger partial charge in [0, 0.05) is 30.9 Å². The summed E-state index contributed by atoms with van der Waals surface area (Å²) in [4.78, 5) is 22.1. The minimum absolute atomic E-state index is 0.131. The van der Waals surface area contributed by atoms with Crippen LogP contribution in [0.2, 0.25) is 5.28 Å². The van der Waals surface area contributed by atoms with Gasteiger partial charge in [-0.2, -0.15) is 0 Å². The van der Waals surface area contributed by atoms with Gasteiger partial charge >= 0.3 is 6.09 Å². The van der Waals surface area contributed by atoms with Crippen molar-refractivity contribution < 1.29 is 9.53 Å². The molecule has 2 heterocycles. The summed E-state index contributed by atoms with van der Waals surface area (Å²) in [6, 6.07) is 1.98. The number of aromatic nitrogens is 2. The lowest BCUT2D eigenvalue weighted by atomic mass is 10.1. The number of aryl methyl sites for hydroxylation is 1. The van der Waals surface area contributed by atoms with Gasteiger partial charge in [-0.25, -0.2) is 14.8 Å². The second kappa shape index (κ2) is 6.69. The summed E-state index contributed by atoms with van der Waals surface area (Å²) in [7, 11) is 0. The molecule has 1 aliphatic heterocycles. The van der Waals surface area contributed by atoms with Gasteiger partial charge in [-0.1, -0.05) is 0 Å². The Kier molecular flexibility index (Phi) is 5.11. The molecule has 0 aliphatic carbocycles. The van der Waals surface area contributed by atoms with Gasteiger partial charge in [0.25, 0.3) is 0 Å². The number of amides is 1. The van der Waals surface area contributed by atoms with E-state index in [1.807, 2.05) is 33.8 Å². The molecule has 0 spiro atoms. The normalized spacial score (nSPS) is 19.0. The zero-order valence-corrected chi connectivity index (χ0v) is 14.3. The molecule has 0 unspecified atom stereocenters. The third-order valence-electron chi connectivity index (χ3n) is 3.25. The van der Waals surface area contributed by atoms with E-state index in [4.69, 9.17) is 16.3 Å². The van der Waals surface area contributed by atoms with Crippen LogP contribution in [0.4, 0.5) is 10.6 Å². The van der Waals surface area contributed by atoms with Crippen molar-refractivity contribution in [3.63, 3.8) is 0 Å². The second-order valence-electron chi connectivity index (χ2n) is 6.57. The van der Waals surface area contributed by atoms with Gasteiger partial charge in [-0.05, 0) is 52.1 Å². The summed E-state index contributed by atoms with van der Waals surface area (Å²) in [5.74, 6) is 0.688. The maximum Gasteiger partial charge on any atom is 0.410 e. The van der Waals surface area contributed by atoms with E-state index >= 15 is 0 Å². The highest BCUT2D eigenvalue weighted by Gasteiger charge is 2.27. The van der Waals surface area contributed by atoms with E-state index in [0.717, 1.165) is 25.1 Å². The molecule has 0 aromatic carbocycles. The monoisotopic (exact) mass is 326 g/mol. The van der Waals surface area contributed by atoms with E-state index in [2.05, 4.69) is 15.3 Å². The first-order chi connectivity index (χ1) is 10.2. The van der Waals surface area contributed by atoms with Crippen LogP contribution in [0.15, 0.2) is 6.07 Å². The van der Waals surface area contributed by atoms with Crippen molar-refractivity contribution in [1.82, 2.24) is 14.9 Å². The van der Waals surface area contributed by atoms with Crippen molar-refractivity contribution >= 4 is 23.5 Å². The Bertz CT molecular complexity index is 525. The highest BCUT2D eigenvalue weighted by molar-refractivity contribution is 6.28. The van der Waals surface area contributed by atoms with Crippen molar-refractivity contribution in [3.8, 4) is 0 Å². The number of carbonyl (C=O) groups is 1. The van der Waals surface area contributed by atoms with Gasteiger partial charge in [0.1, 0.15) is 11.4 Å². The first kappa shape index (κ1) is 16.8. The lowest BCUT2D eigenvalue weighted by Crippen LogP contribution is -2.47. The Hall–Kier alpha value is -1.56. The molecule has 6 nitrogen and oxygen atoms in total. The molecular formula is C15H23ClN4O2. The van der Waals surface area contributed by atoms with Crippen molar-refractivity contribution in [1.29, 1.82) is 0 Å². The van der Waals surface area contributed by atoms with Crippen molar-refractivity contribution in [2.45, 2.75) is 52.2 Å². The molecule has 1 aromatic heterocycles. The minimum atomic E-state index is -0.477. The highest BCUT2D eigenvalue weighted by Crippen LogP contribution is 2.19. The molecule has 0 radical (unpaired) electrons. The largest absolute Gasteiger partial charge is 0.444 e. The maximum absolute atomic E-state index is 12.1. The summed E-state index contributed by atoms with van der Waals surface area (Å²) in [6.07, 6.45) is 1.63. The SMILES string of the molecule is Cc1cc(N[C@H]2CCCN(C(=O)OC(C)(C)C)C2)nc(Cl)n1. The number of hydrogen-bond donors (Lipinski definition) is 1. The number of ether oxygens (including phenoxy) is 1. The molecule has 2 rings (SSSR count). The molecule has 1 amide bonds. The number of hydrogen-bond acceptors (Lipinski definition) is 5. The Morgan fingerprint density at radius 3 is 2.82 bits per heavy atom. The second-order valence-corrected chi connectivity index (χ2v) is 6.91. The van der Waals surface area contributed by atoms with Gasteiger partial charge < -0.3 is 15.0 Å². The number of halogens is 1. The van der Waals surface area contributed by atoms with E-state index in [1.54, 1.807) is 4.90 Å². The number of piperidine rings is 1. The molecule has 1 atom stereocenters. The molecule has 22 heavy (non-hydrogen) atoms. The molecule has 122 valence electrons. The van der Waals surface area contributed by atoms with Crippen LogP contribution in [0.3, 0.4) is 0 Å². The van der Waals surface area contributed by atoms with E-state index in [9.17, 15) is 4.79 Å². The lowest BCUT2D eigenvalue weighted by molar-refractivity contribution is 0.0206. The maximum atomic E-state index is 12.1. The third-order valence-corrected chi connectivity index (χ3v) is 3.42. The van der Waals surface area contributed by atoms with Crippen LogP contribution in [0.25, 0.3) is 0 Å². The number of nitrogens with one attached hydrogen (secondary N) is 1. The molecule has 1 N–H and O–H groups in total. The molecule has 1 saturated heterocycles.